The van der Waals surface area contributed by atoms with Gasteiger partial charge in [-0.2, -0.15) is 11.8 Å². The van der Waals surface area contributed by atoms with E-state index in [0.717, 1.165) is 5.69 Å². The standard InChI is InChI=1S/C22H22ClN3O3S2/c1-30-12-11-19(26-20(27)17-9-5-6-10-18(17)23)21(28)29-13-16-14-31-22(25-16)24-15-7-3-2-4-8-15/h2-10,14,19H,11-13H2,1H3,(H,24,25)(H,26,27). The fourth-order valence-corrected chi connectivity index (χ4v) is 4.10. The number of esters is 1. The lowest BCUT2D eigenvalue weighted by Gasteiger charge is -2.17. The van der Waals surface area contributed by atoms with E-state index in [0.29, 0.717) is 33.6 Å². The van der Waals surface area contributed by atoms with Crippen LogP contribution in [-0.2, 0) is 16.1 Å². The lowest BCUT2D eigenvalue weighted by molar-refractivity contribution is -0.147. The zero-order valence-electron chi connectivity index (χ0n) is 16.8. The van der Waals surface area contributed by atoms with Gasteiger partial charge in [0.05, 0.1) is 16.3 Å². The Morgan fingerprint density at radius 1 is 1.16 bits per heavy atom. The maximum Gasteiger partial charge on any atom is 0.329 e. The van der Waals surface area contributed by atoms with Crippen molar-refractivity contribution in [2.45, 2.75) is 19.1 Å². The van der Waals surface area contributed by atoms with Crippen molar-refractivity contribution in [1.29, 1.82) is 0 Å². The number of aromatic nitrogens is 1. The summed E-state index contributed by atoms with van der Waals surface area (Å²) in [6.45, 7) is 0.0313. The molecule has 0 fully saturated rings. The topological polar surface area (TPSA) is 80.3 Å². The average Bonchev–Trinajstić information content (AvgIpc) is 3.23. The van der Waals surface area contributed by atoms with E-state index in [4.69, 9.17) is 16.3 Å². The van der Waals surface area contributed by atoms with E-state index >= 15 is 0 Å². The van der Waals surface area contributed by atoms with E-state index in [-0.39, 0.29) is 6.61 Å². The number of benzene rings is 2. The van der Waals surface area contributed by atoms with Gasteiger partial charge in [0.1, 0.15) is 12.6 Å². The first-order valence-electron chi connectivity index (χ1n) is 9.54. The third-order valence-corrected chi connectivity index (χ3v) is 6.04. The fourth-order valence-electron chi connectivity index (χ4n) is 2.69. The molecule has 0 spiro atoms. The first-order chi connectivity index (χ1) is 15.1. The van der Waals surface area contributed by atoms with Crippen molar-refractivity contribution < 1.29 is 14.3 Å². The Balaban J connectivity index is 1.58. The average molecular weight is 476 g/mol. The Morgan fingerprint density at radius 2 is 1.90 bits per heavy atom. The molecule has 6 nitrogen and oxygen atoms in total. The Kier molecular flexibility index (Phi) is 8.75. The molecular formula is C22H22ClN3O3S2. The number of rotatable bonds is 10. The van der Waals surface area contributed by atoms with Crippen LogP contribution in [0.4, 0.5) is 10.8 Å². The number of thiazole rings is 1. The second-order valence-corrected chi connectivity index (χ2v) is 8.78. The van der Waals surface area contributed by atoms with Gasteiger partial charge in [0.25, 0.3) is 5.91 Å². The van der Waals surface area contributed by atoms with Crippen molar-refractivity contribution in [3.63, 3.8) is 0 Å². The van der Waals surface area contributed by atoms with Crippen LogP contribution in [-0.4, -0.2) is 34.9 Å². The molecule has 0 saturated heterocycles. The molecule has 3 aromatic rings. The van der Waals surface area contributed by atoms with Crippen LogP contribution in [0.15, 0.2) is 60.0 Å². The predicted octanol–water partition coefficient (Wildman–Crippen LogP) is 5.14. The Hall–Kier alpha value is -2.55. The fraction of sp³-hybridized carbons (Fsp3) is 0.227. The maximum absolute atomic E-state index is 12.7. The number of hydrogen-bond donors (Lipinski definition) is 2. The van der Waals surface area contributed by atoms with Crippen LogP contribution >= 0.6 is 34.7 Å². The number of halogens is 1. The molecular weight excluding hydrogens is 454 g/mol. The summed E-state index contributed by atoms with van der Waals surface area (Å²) >= 11 is 9.11. The van der Waals surface area contributed by atoms with Gasteiger partial charge >= 0.3 is 5.97 Å². The van der Waals surface area contributed by atoms with Crippen LogP contribution in [0.2, 0.25) is 5.02 Å². The van der Waals surface area contributed by atoms with Crippen LogP contribution in [0.25, 0.3) is 0 Å². The van der Waals surface area contributed by atoms with E-state index in [1.165, 1.54) is 11.3 Å². The molecule has 0 aliphatic carbocycles. The van der Waals surface area contributed by atoms with E-state index in [1.54, 1.807) is 36.0 Å². The molecule has 1 aromatic heterocycles. The molecule has 31 heavy (non-hydrogen) atoms. The van der Waals surface area contributed by atoms with Gasteiger partial charge in [-0.05, 0) is 42.7 Å². The maximum atomic E-state index is 12.7. The summed E-state index contributed by atoms with van der Waals surface area (Å²) in [7, 11) is 0. The van der Waals surface area contributed by atoms with Crippen LogP contribution in [0.3, 0.4) is 0 Å². The number of ether oxygens (including phenoxy) is 1. The number of amides is 1. The Labute approximate surface area is 194 Å². The summed E-state index contributed by atoms with van der Waals surface area (Å²) in [4.78, 5) is 29.7. The van der Waals surface area contributed by atoms with E-state index < -0.39 is 17.9 Å². The molecule has 0 bridgehead atoms. The first-order valence-corrected chi connectivity index (χ1v) is 12.2. The van der Waals surface area contributed by atoms with Crippen molar-refractivity contribution in [2.75, 3.05) is 17.3 Å². The summed E-state index contributed by atoms with van der Waals surface area (Å²) < 4.78 is 5.44. The summed E-state index contributed by atoms with van der Waals surface area (Å²) in [6.07, 6.45) is 2.39. The van der Waals surface area contributed by atoms with Crippen LogP contribution < -0.4 is 10.6 Å². The van der Waals surface area contributed by atoms with Crippen LogP contribution in [0.1, 0.15) is 22.5 Å². The van der Waals surface area contributed by atoms with Gasteiger partial charge in [0.2, 0.25) is 0 Å². The minimum atomic E-state index is -0.767. The first kappa shape index (κ1) is 23.1. The molecule has 1 amide bonds. The summed E-state index contributed by atoms with van der Waals surface area (Å²) in [6, 6.07) is 15.6. The van der Waals surface area contributed by atoms with Gasteiger partial charge in [-0.1, -0.05) is 41.9 Å². The van der Waals surface area contributed by atoms with Gasteiger partial charge in [-0.25, -0.2) is 9.78 Å². The van der Waals surface area contributed by atoms with Crippen molar-refractivity contribution in [3.8, 4) is 0 Å². The quantitative estimate of drug-likeness (QED) is 0.395. The monoisotopic (exact) mass is 475 g/mol. The SMILES string of the molecule is CSCCC(NC(=O)c1ccccc1Cl)C(=O)OCc1csc(Nc2ccccc2)n1. The van der Waals surface area contributed by atoms with Gasteiger partial charge in [0.15, 0.2) is 5.13 Å². The second kappa shape index (κ2) is 11.7. The number of nitrogens with zero attached hydrogens (tertiary/aromatic N) is 1. The largest absolute Gasteiger partial charge is 0.458 e. The molecule has 0 aliphatic heterocycles. The van der Waals surface area contributed by atoms with Gasteiger partial charge in [-0.3, -0.25) is 4.79 Å². The van der Waals surface area contributed by atoms with E-state index in [2.05, 4.69) is 15.6 Å². The second-order valence-electron chi connectivity index (χ2n) is 6.53. The number of hydrogen-bond acceptors (Lipinski definition) is 7. The highest BCUT2D eigenvalue weighted by atomic mass is 35.5. The minimum Gasteiger partial charge on any atom is -0.458 e. The highest BCUT2D eigenvalue weighted by molar-refractivity contribution is 7.98. The van der Waals surface area contributed by atoms with E-state index in [9.17, 15) is 9.59 Å². The van der Waals surface area contributed by atoms with Gasteiger partial charge in [-0.15, -0.1) is 11.3 Å². The van der Waals surface area contributed by atoms with Crippen molar-refractivity contribution in [2.24, 2.45) is 0 Å². The highest BCUT2D eigenvalue weighted by Crippen LogP contribution is 2.21. The van der Waals surface area contributed by atoms with Gasteiger partial charge < -0.3 is 15.4 Å². The third-order valence-electron chi connectivity index (χ3n) is 4.26. The van der Waals surface area contributed by atoms with Crippen molar-refractivity contribution in [3.05, 3.63) is 76.3 Å². The lowest BCUT2D eigenvalue weighted by atomic mass is 10.1. The molecule has 0 radical (unpaired) electrons. The van der Waals surface area contributed by atoms with Gasteiger partial charge in [0, 0.05) is 11.1 Å². The summed E-state index contributed by atoms with van der Waals surface area (Å²) in [5, 5.41) is 8.82. The molecule has 1 unspecified atom stereocenters. The molecule has 9 heteroatoms. The zero-order valence-corrected chi connectivity index (χ0v) is 19.2. The molecule has 0 saturated carbocycles. The highest BCUT2D eigenvalue weighted by Gasteiger charge is 2.24. The predicted molar refractivity (Wildman–Crippen MR) is 127 cm³/mol. The van der Waals surface area contributed by atoms with Crippen molar-refractivity contribution in [1.82, 2.24) is 10.3 Å². The molecule has 1 atom stereocenters. The van der Waals surface area contributed by atoms with Crippen molar-refractivity contribution >= 4 is 57.4 Å². The molecule has 1 heterocycles. The number of carbonyl (C=O) groups excluding carboxylic acids is 2. The third kappa shape index (κ3) is 6.99. The molecule has 0 aliphatic rings. The lowest BCUT2D eigenvalue weighted by Crippen LogP contribution is -2.42. The number of thioether (sulfide) groups is 1. The number of carbonyl (C=O) groups is 2. The summed E-state index contributed by atoms with van der Waals surface area (Å²) in [5.74, 6) is -0.207. The summed E-state index contributed by atoms with van der Waals surface area (Å²) in [5.41, 5.74) is 1.89. The van der Waals surface area contributed by atoms with Crippen LogP contribution in [0, 0.1) is 0 Å². The Morgan fingerprint density at radius 3 is 2.65 bits per heavy atom. The molecule has 162 valence electrons. The Bertz CT molecular complexity index is 1010. The zero-order chi connectivity index (χ0) is 22.1. The number of anilines is 2. The number of para-hydroxylation sites is 1. The van der Waals surface area contributed by atoms with E-state index in [1.807, 2.05) is 42.0 Å². The number of nitrogens with one attached hydrogen (secondary N) is 2. The smallest absolute Gasteiger partial charge is 0.329 e. The minimum absolute atomic E-state index is 0.0313. The molecule has 3 rings (SSSR count). The molecule has 2 aromatic carbocycles. The van der Waals surface area contributed by atoms with Crippen LogP contribution in [0.5, 0.6) is 0 Å². The molecule has 2 N–H and O–H groups in total. The normalized spacial score (nSPS) is 11.5.